The van der Waals surface area contributed by atoms with Gasteiger partial charge >= 0.3 is 5.97 Å². The number of pyridine rings is 1. The number of hydrogen-bond acceptors (Lipinski definition) is 5. The molecule has 5 rings (SSSR count). The molecule has 0 spiro atoms. The molecule has 1 N–H and O–H groups in total. The van der Waals surface area contributed by atoms with Gasteiger partial charge in [-0.2, -0.15) is 0 Å². The molecule has 2 heterocycles. The minimum atomic E-state index is -0.386. The quantitative estimate of drug-likeness (QED) is 0.770. The number of rotatable bonds is 5. The molecule has 1 saturated heterocycles. The van der Waals surface area contributed by atoms with Gasteiger partial charge < -0.3 is 15.0 Å². The zero-order valence-corrected chi connectivity index (χ0v) is 17.8. The molecule has 158 valence electrons. The van der Waals surface area contributed by atoms with E-state index in [0.717, 1.165) is 43.6 Å². The van der Waals surface area contributed by atoms with Crippen LogP contribution in [0.25, 0.3) is 0 Å². The van der Waals surface area contributed by atoms with Gasteiger partial charge in [0.25, 0.3) is 0 Å². The number of aromatic nitrogens is 1. The van der Waals surface area contributed by atoms with Crippen molar-refractivity contribution < 1.29 is 14.3 Å². The largest absolute Gasteiger partial charge is 0.465 e. The van der Waals surface area contributed by atoms with Crippen LogP contribution in [-0.4, -0.2) is 43.6 Å². The molecular weight excluding hydrogens is 366 g/mol. The molecule has 6 heteroatoms. The number of anilines is 1. The molecule has 2 bridgehead atoms. The Balaban J connectivity index is 1.31. The Kier molecular flexibility index (Phi) is 5.54. The van der Waals surface area contributed by atoms with Gasteiger partial charge in [-0.25, -0.2) is 9.78 Å². The summed E-state index contributed by atoms with van der Waals surface area (Å²) in [6.07, 6.45) is 7.35. The van der Waals surface area contributed by atoms with Crippen LogP contribution in [0.1, 0.15) is 56.3 Å². The molecule has 3 saturated carbocycles. The Hall–Kier alpha value is -2.11. The number of fused-ring (bicyclic) bond motifs is 2. The van der Waals surface area contributed by atoms with Crippen LogP contribution in [0.2, 0.25) is 0 Å². The second-order valence-electron chi connectivity index (χ2n) is 9.62. The van der Waals surface area contributed by atoms with Crippen LogP contribution in [-0.2, 0) is 9.53 Å². The average Bonchev–Trinajstić information content (AvgIpc) is 2.77. The highest BCUT2D eigenvalue weighted by Gasteiger charge is 2.54. The summed E-state index contributed by atoms with van der Waals surface area (Å²) in [5.74, 6) is 2.89. The van der Waals surface area contributed by atoms with E-state index < -0.39 is 0 Å². The predicted molar refractivity (Wildman–Crippen MR) is 112 cm³/mol. The van der Waals surface area contributed by atoms with Crippen LogP contribution in [0.3, 0.4) is 0 Å². The molecular formula is C23H33N3O3. The van der Waals surface area contributed by atoms with Crippen molar-refractivity contribution in [1.82, 2.24) is 10.3 Å². The van der Waals surface area contributed by atoms with Gasteiger partial charge in [0.1, 0.15) is 5.82 Å². The van der Waals surface area contributed by atoms with Crippen LogP contribution in [0.4, 0.5) is 5.82 Å². The standard InChI is InChI=1S/C23H33N3O3/c1-23(2)18-8-6-15(19(23)11-18)12-25-21(27)17-5-4-10-26(14-17)20-9-7-16(13-24-20)22(28)29-3/h7,9,13,15,17-19H,4-6,8,10-12,14H2,1-3H3,(H,25,27)/t15-,17+,18-,19+/m0/s1. The second kappa shape index (κ2) is 7.96. The van der Waals surface area contributed by atoms with Gasteiger partial charge in [0.15, 0.2) is 0 Å². The first kappa shape index (κ1) is 20.2. The number of hydrogen-bond donors (Lipinski definition) is 1. The van der Waals surface area contributed by atoms with Crippen LogP contribution in [0.5, 0.6) is 0 Å². The molecule has 1 aliphatic heterocycles. The Morgan fingerprint density at radius 3 is 2.76 bits per heavy atom. The topological polar surface area (TPSA) is 71.5 Å². The summed E-state index contributed by atoms with van der Waals surface area (Å²) < 4.78 is 4.72. The lowest BCUT2D eigenvalue weighted by Crippen LogP contribution is -2.55. The van der Waals surface area contributed by atoms with Gasteiger partial charge in [-0.1, -0.05) is 13.8 Å². The predicted octanol–water partition coefficient (Wildman–Crippen LogP) is 3.27. The fraction of sp³-hybridized carbons (Fsp3) is 0.696. The first-order chi connectivity index (χ1) is 13.9. The third kappa shape index (κ3) is 3.86. The maximum Gasteiger partial charge on any atom is 0.339 e. The van der Waals surface area contributed by atoms with E-state index in [0.29, 0.717) is 23.4 Å². The number of carbonyl (C=O) groups excluding carboxylic acids is 2. The van der Waals surface area contributed by atoms with E-state index in [-0.39, 0.29) is 17.8 Å². The summed E-state index contributed by atoms with van der Waals surface area (Å²) in [7, 11) is 1.36. The number of carbonyl (C=O) groups is 2. The lowest BCUT2D eigenvalue weighted by molar-refractivity contribution is -0.128. The molecule has 4 fully saturated rings. The highest BCUT2D eigenvalue weighted by atomic mass is 16.5. The van der Waals surface area contributed by atoms with E-state index in [1.807, 2.05) is 6.07 Å². The molecule has 4 atom stereocenters. The molecule has 6 nitrogen and oxygen atoms in total. The van der Waals surface area contributed by atoms with Crippen molar-refractivity contribution in [2.45, 2.75) is 46.0 Å². The van der Waals surface area contributed by atoms with Crippen molar-refractivity contribution in [2.75, 3.05) is 31.6 Å². The van der Waals surface area contributed by atoms with E-state index in [1.54, 1.807) is 12.3 Å². The van der Waals surface area contributed by atoms with Crippen LogP contribution >= 0.6 is 0 Å². The average molecular weight is 400 g/mol. The molecule has 0 aromatic carbocycles. The molecule has 1 aromatic heterocycles. The fourth-order valence-corrected chi connectivity index (χ4v) is 5.79. The summed E-state index contributed by atoms with van der Waals surface area (Å²) in [4.78, 5) is 31.0. The molecule has 3 aliphatic carbocycles. The molecule has 0 radical (unpaired) electrons. The van der Waals surface area contributed by atoms with E-state index >= 15 is 0 Å². The van der Waals surface area contributed by atoms with Gasteiger partial charge in [-0.3, -0.25) is 4.79 Å². The number of methoxy groups -OCH3 is 1. The first-order valence-electron chi connectivity index (χ1n) is 11.0. The van der Waals surface area contributed by atoms with Gasteiger partial charge in [0, 0.05) is 25.8 Å². The molecule has 1 amide bonds. The van der Waals surface area contributed by atoms with E-state index in [2.05, 4.69) is 29.0 Å². The van der Waals surface area contributed by atoms with Crippen LogP contribution < -0.4 is 10.2 Å². The number of nitrogens with zero attached hydrogens (tertiary/aromatic N) is 2. The third-order valence-corrected chi connectivity index (χ3v) is 7.82. The Bertz CT molecular complexity index is 759. The molecule has 0 unspecified atom stereocenters. The summed E-state index contributed by atoms with van der Waals surface area (Å²) >= 11 is 0. The van der Waals surface area contributed by atoms with Gasteiger partial charge in [0.2, 0.25) is 5.91 Å². The van der Waals surface area contributed by atoms with Crippen molar-refractivity contribution in [3.05, 3.63) is 23.9 Å². The van der Waals surface area contributed by atoms with Crippen molar-refractivity contribution in [3.63, 3.8) is 0 Å². The maximum atomic E-state index is 12.9. The van der Waals surface area contributed by atoms with Gasteiger partial charge in [-0.15, -0.1) is 0 Å². The lowest BCUT2D eigenvalue weighted by atomic mass is 9.45. The van der Waals surface area contributed by atoms with Crippen molar-refractivity contribution in [1.29, 1.82) is 0 Å². The van der Waals surface area contributed by atoms with Crippen LogP contribution in [0.15, 0.2) is 18.3 Å². The summed E-state index contributed by atoms with van der Waals surface area (Å²) in [6.45, 7) is 7.18. The smallest absolute Gasteiger partial charge is 0.339 e. The second-order valence-corrected chi connectivity index (χ2v) is 9.62. The monoisotopic (exact) mass is 399 g/mol. The molecule has 4 aliphatic rings. The Morgan fingerprint density at radius 2 is 2.10 bits per heavy atom. The minimum Gasteiger partial charge on any atom is -0.465 e. The fourth-order valence-electron chi connectivity index (χ4n) is 5.79. The van der Waals surface area contributed by atoms with Crippen molar-refractivity contribution in [2.24, 2.45) is 29.1 Å². The number of amides is 1. The molecule has 1 aromatic rings. The zero-order chi connectivity index (χ0) is 20.6. The maximum absolute atomic E-state index is 12.9. The normalized spacial score (nSPS) is 30.2. The SMILES string of the molecule is COC(=O)c1ccc(N2CCC[C@@H](C(=O)NC[C@@H]3CC[C@H]4C[C@H]3C4(C)C)C2)nc1. The van der Waals surface area contributed by atoms with Gasteiger partial charge in [0.05, 0.1) is 18.6 Å². The Labute approximate surface area is 173 Å². The van der Waals surface area contributed by atoms with Crippen LogP contribution in [0, 0.1) is 29.1 Å². The zero-order valence-electron chi connectivity index (χ0n) is 17.8. The third-order valence-electron chi connectivity index (χ3n) is 7.82. The van der Waals surface area contributed by atoms with E-state index in [4.69, 9.17) is 4.74 Å². The minimum absolute atomic E-state index is 0.00317. The number of esters is 1. The summed E-state index contributed by atoms with van der Waals surface area (Å²) in [5.41, 5.74) is 0.897. The highest BCUT2D eigenvalue weighted by molar-refractivity contribution is 5.89. The summed E-state index contributed by atoms with van der Waals surface area (Å²) in [6, 6.07) is 3.57. The molecule has 29 heavy (non-hydrogen) atoms. The number of nitrogens with one attached hydrogen (secondary N) is 1. The van der Waals surface area contributed by atoms with E-state index in [1.165, 1.54) is 26.4 Å². The number of ether oxygens (including phenoxy) is 1. The summed E-state index contributed by atoms with van der Waals surface area (Å²) in [5, 5.41) is 3.27. The Morgan fingerprint density at radius 1 is 1.28 bits per heavy atom. The highest BCUT2D eigenvalue weighted by Crippen LogP contribution is 2.61. The van der Waals surface area contributed by atoms with E-state index in [9.17, 15) is 9.59 Å². The van der Waals surface area contributed by atoms with Gasteiger partial charge in [-0.05, 0) is 67.4 Å². The number of piperidine rings is 1. The van der Waals surface area contributed by atoms with Crippen molar-refractivity contribution >= 4 is 17.7 Å². The first-order valence-corrected chi connectivity index (χ1v) is 11.0. The lowest BCUT2D eigenvalue weighted by Gasteiger charge is -2.60. The van der Waals surface area contributed by atoms with Crippen molar-refractivity contribution in [3.8, 4) is 0 Å².